The third-order valence-corrected chi connectivity index (χ3v) is 3.68. The van der Waals surface area contributed by atoms with Gasteiger partial charge in [-0.3, -0.25) is 14.3 Å². The summed E-state index contributed by atoms with van der Waals surface area (Å²) in [6.45, 7) is 3.10. The van der Waals surface area contributed by atoms with Crippen molar-refractivity contribution in [3.63, 3.8) is 0 Å². The van der Waals surface area contributed by atoms with Crippen LogP contribution in [0.2, 0.25) is 0 Å². The van der Waals surface area contributed by atoms with Crippen molar-refractivity contribution in [1.82, 2.24) is 9.55 Å². The van der Waals surface area contributed by atoms with Crippen LogP contribution in [0.25, 0.3) is 5.88 Å². The van der Waals surface area contributed by atoms with Gasteiger partial charge in [-0.2, -0.15) is 0 Å². The van der Waals surface area contributed by atoms with Gasteiger partial charge in [0.05, 0.1) is 5.88 Å². The van der Waals surface area contributed by atoms with Crippen LogP contribution < -0.4 is 15.0 Å². The number of hydrogen-bond acceptors (Lipinski definition) is 6. The van der Waals surface area contributed by atoms with Gasteiger partial charge in [-0.1, -0.05) is 0 Å². The Hall–Kier alpha value is -1.77. The molecule has 9 heteroatoms. The molecule has 7 nitrogen and oxygen atoms in total. The number of aromatic amines is 1. The fraction of sp³-hybridized carbons (Fsp3) is 0.385. The van der Waals surface area contributed by atoms with Gasteiger partial charge in [0.15, 0.2) is 10.5 Å². The number of alkyl halides is 1. The molecule has 0 fully saturated rings. The fourth-order valence-electron chi connectivity index (χ4n) is 2.16. The Bertz CT molecular complexity index is 851. The van der Waals surface area contributed by atoms with Gasteiger partial charge in [0, 0.05) is 25.6 Å². The molecule has 1 aliphatic rings. The first-order chi connectivity index (χ1) is 10.4. The smallest absolute Gasteiger partial charge is 0.256 e. The molecule has 2 aromatic rings. The van der Waals surface area contributed by atoms with E-state index >= 15 is 0 Å². The summed E-state index contributed by atoms with van der Waals surface area (Å²) in [5.74, 6) is 0.206. The average molecular weight is 345 g/mol. The molecule has 0 spiro atoms. The van der Waals surface area contributed by atoms with E-state index in [4.69, 9.17) is 37.7 Å². The molecular weight excluding hydrogens is 332 g/mol. The molecular formula is C13H13ClN2O5S. The second kappa shape index (κ2) is 5.15. The third-order valence-electron chi connectivity index (χ3n) is 3.09. The number of furan rings is 1. The van der Waals surface area contributed by atoms with E-state index in [1.54, 1.807) is 13.8 Å². The lowest BCUT2D eigenvalue weighted by atomic mass is 10.3. The van der Waals surface area contributed by atoms with Crippen LogP contribution in [0.4, 0.5) is 0 Å². The van der Waals surface area contributed by atoms with Crippen LogP contribution in [-0.4, -0.2) is 20.4 Å². The second-order valence-corrected chi connectivity index (χ2v) is 5.82. The molecule has 0 amide bonds. The van der Waals surface area contributed by atoms with Crippen molar-refractivity contribution in [2.75, 3.05) is 0 Å². The van der Waals surface area contributed by atoms with Crippen LogP contribution >= 0.6 is 23.8 Å². The lowest BCUT2D eigenvalue weighted by Crippen LogP contribution is -2.30. The number of H-pyrrole nitrogens is 1. The quantitative estimate of drug-likeness (QED) is 0.655. The topological polar surface area (TPSA) is 89.6 Å². The van der Waals surface area contributed by atoms with Gasteiger partial charge < -0.3 is 19.0 Å². The lowest BCUT2D eigenvalue weighted by molar-refractivity contribution is -0.0474. The van der Waals surface area contributed by atoms with Crippen molar-refractivity contribution < 1.29 is 19.0 Å². The Morgan fingerprint density at radius 3 is 2.73 bits per heavy atom. The lowest BCUT2D eigenvalue weighted by Gasteiger charge is -2.18. The van der Waals surface area contributed by atoms with Gasteiger partial charge in [0.1, 0.15) is 6.61 Å². The summed E-state index contributed by atoms with van der Waals surface area (Å²) in [6.07, 6.45) is 1.48. The number of nitrogens with one attached hydrogen (secondary N) is 1. The number of rotatable bonds is 3. The van der Waals surface area contributed by atoms with Crippen molar-refractivity contribution in [2.45, 2.75) is 32.1 Å². The maximum atomic E-state index is 11.7. The van der Waals surface area contributed by atoms with Gasteiger partial charge in [0.2, 0.25) is 17.3 Å². The molecule has 0 unspecified atom stereocenters. The minimum absolute atomic E-state index is 0.0174. The first kappa shape index (κ1) is 15.1. The fourth-order valence-corrected chi connectivity index (χ4v) is 2.58. The maximum absolute atomic E-state index is 11.7. The van der Waals surface area contributed by atoms with Crippen molar-refractivity contribution in [1.29, 1.82) is 0 Å². The maximum Gasteiger partial charge on any atom is 0.256 e. The Labute approximate surface area is 135 Å². The van der Waals surface area contributed by atoms with Crippen molar-refractivity contribution >= 4 is 23.8 Å². The summed E-state index contributed by atoms with van der Waals surface area (Å²) in [7, 11) is 0. The molecule has 3 heterocycles. The molecule has 0 saturated heterocycles. The summed E-state index contributed by atoms with van der Waals surface area (Å²) in [6, 6.07) is 0. The molecule has 0 radical (unpaired) electrons. The highest BCUT2D eigenvalue weighted by Crippen LogP contribution is 2.48. The summed E-state index contributed by atoms with van der Waals surface area (Å²) >= 11 is 10.9. The molecule has 0 aliphatic carbocycles. The number of ether oxygens (including phenoxy) is 2. The molecule has 0 aromatic carbocycles. The standard InChI is InChI=1S/C13H13ClN2O5S/c1-13(2)20-8-7(5-17)19-11(9(8)21-13)16-4-6(3-14)10(18)15-12(16)22/h4,17H,3,5H2,1-2H3,(H,15,18,22). The van der Waals surface area contributed by atoms with Crippen LogP contribution in [-0.2, 0) is 12.5 Å². The molecule has 0 saturated carbocycles. The molecule has 22 heavy (non-hydrogen) atoms. The Kier molecular flexibility index (Phi) is 3.54. The molecule has 2 aromatic heterocycles. The zero-order chi connectivity index (χ0) is 16.1. The van der Waals surface area contributed by atoms with Crippen molar-refractivity contribution in [3.05, 3.63) is 32.6 Å². The van der Waals surface area contributed by atoms with Crippen LogP contribution in [0.3, 0.4) is 0 Å². The first-order valence-corrected chi connectivity index (χ1v) is 7.36. The molecule has 3 rings (SSSR count). The summed E-state index contributed by atoms with van der Waals surface area (Å²) in [5, 5.41) is 9.40. The van der Waals surface area contributed by atoms with Crippen LogP contribution in [0.15, 0.2) is 15.4 Å². The normalized spacial score (nSPS) is 15.3. The average Bonchev–Trinajstić information content (AvgIpc) is 2.92. The Balaban J connectivity index is 2.23. The minimum atomic E-state index is -0.889. The minimum Gasteiger partial charge on any atom is -0.445 e. The van der Waals surface area contributed by atoms with Gasteiger partial charge in [-0.05, 0) is 12.2 Å². The number of aromatic nitrogens is 2. The van der Waals surface area contributed by atoms with E-state index in [0.29, 0.717) is 17.1 Å². The summed E-state index contributed by atoms with van der Waals surface area (Å²) in [4.78, 5) is 14.2. The van der Waals surface area contributed by atoms with Crippen LogP contribution in [0, 0.1) is 4.77 Å². The number of halogens is 1. The van der Waals surface area contributed by atoms with E-state index < -0.39 is 5.79 Å². The summed E-state index contributed by atoms with van der Waals surface area (Å²) < 4.78 is 18.4. The summed E-state index contributed by atoms with van der Waals surface area (Å²) in [5.41, 5.74) is -0.0385. The van der Waals surface area contributed by atoms with E-state index in [2.05, 4.69) is 4.98 Å². The SMILES string of the molecule is CC1(C)Oc2c(CO)oc(-n3cc(CCl)c(=O)[nH]c3=S)c2O1. The van der Waals surface area contributed by atoms with E-state index in [9.17, 15) is 9.90 Å². The van der Waals surface area contributed by atoms with E-state index in [0.717, 1.165) is 0 Å². The van der Waals surface area contributed by atoms with Gasteiger partial charge in [-0.15, -0.1) is 11.6 Å². The second-order valence-electron chi connectivity index (χ2n) is 5.17. The van der Waals surface area contributed by atoms with E-state index in [1.807, 2.05) is 0 Å². The number of hydrogen-bond donors (Lipinski definition) is 2. The molecule has 0 bridgehead atoms. The predicted octanol–water partition coefficient (Wildman–Crippen LogP) is 2.23. The zero-order valence-electron chi connectivity index (χ0n) is 11.8. The predicted molar refractivity (Wildman–Crippen MR) is 80.3 cm³/mol. The molecule has 118 valence electrons. The Morgan fingerprint density at radius 2 is 2.09 bits per heavy atom. The Morgan fingerprint density at radius 1 is 1.41 bits per heavy atom. The number of fused-ring (bicyclic) bond motifs is 1. The van der Waals surface area contributed by atoms with Crippen LogP contribution in [0.5, 0.6) is 11.5 Å². The highest BCUT2D eigenvalue weighted by molar-refractivity contribution is 7.71. The van der Waals surface area contributed by atoms with Crippen molar-refractivity contribution in [2.24, 2.45) is 0 Å². The number of aliphatic hydroxyl groups excluding tert-OH is 1. The van der Waals surface area contributed by atoms with E-state index in [-0.39, 0.29) is 34.5 Å². The molecule has 0 atom stereocenters. The largest absolute Gasteiger partial charge is 0.445 e. The highest BCUT2D eigenvalue weighted by Gasteiger charge is 2.40. The number of aliphatic hydroxyl groups is 1. The monoisotopic (exact) mass is 344 g/mol. The zero-order valence-corrected chi connectivity index (χ0v) is 13.4. The van der Waals surface area contributed by atoms with Gasteiger partial charge in [-0.25, -0.2) is 0 Å². The van der Waals surface area contributed by atoms with Crippen molar-refractivity contribution in [3.8, 4) is 17.4 Å². The van der Waals surface area contributed by atoms with E-state index in [1.165, 1.54) is 10.8 Å². The highest BCUT2D eigenvalue weighted by atomic mass is 35.5. The first-order valence-electron chi connectivity index (χ1n) is 6.42. The number of nitrogens with zero attached hydrogens (tertiary/aromatic N) is 1. The van der Waals surface area contributed by atoms with Gasteiger partial charge in [0.25, 0.3) is 11.4 Å². The van der Waals surface area contributed by atoms with Gasteiger partial charge >= 0.3 is 0 Å². The van der Waals surface area contributed by atoms with Crippen LogP contribution in [0.1, 0.15) is 25.2 Å². The molecule has 1 aliphatic heterocycles. The third kappa shape index (κ3) is 2.33. The molecule has 2 N–H and O–H groups in total.